The van der Waals surface area contributed by atoms with E-state index in [1.807, 2.05) is 32.9 Å². The lowest BCUT2D eigenvalue weighted by molar-refractivity contribution is 0.0636. The van der Waals surface area contributed by atoms with Crippen LogP contribution in [0.25, 0.3) is 6.08 Å². The minimum atomic E-state index is -0.481. The van der Waals surface area contributed by atoms with Gasteiger partial charge in [-0.15, -0.1) is 0 Å². The maximum absolute atomic E-state index is 11.4. The average molecular weight is 221 g/mol. The van der Waals surface area contributed by atoms with Crippen molar-refractivity contribution in [3.05, 3.63) is 36.4 Å². The molecule has 0 aliphatic rings. The summed E-state index contributed by atoms with van der Waals surface area (Å²) in [7, 11) is 0. The monoisotopic (exact) mass is 221 g/mol. The summed E-state index contributed by atoms with van der Waals surface area (Å²) in [5.41, 5.74) is 1.24. The molecule has 0 unspecified atom stereocenters. The van der Waals surface area contributed by atoms with Crippen molar-refractivity contribution >= 4 is 17.9 Å². The number of amides is 1. The zero-order valence-electron chi connectivity index (χ0n) is 9.91. The molecule has 0 spiro atoms. The van der Waals surface area contributed by atoms with Crippen LogP contribution in [0.2, 0.25) is 0 Å². The smallest absolute Gasteiger partial charge is 0.412 e. The third-order valence-corrected chi connectivity index (χ3v) is 1.79. The van der Waals surface area contributed by atoms with E-state index in [-0.39, 0.29) is 1.43 Å². The fourth-order valence-electron chi connectivity index (χ4n) is 1.12. The number of nitrogens with one attached hydrogen (secondary N) is 1. The van der Waals surface area contributed by atoms with Crippen LogP contribution in [0, 0.1) is 0 Å². The van der Waals surface area contributed by atoms with Crippen molar-refractivity contribution in [1.29, 1.82) is 0 Å². The van der Waals surface area contributed by atoms with Gasteiger partial charge in [-0.25, -0.2) is 4.79 Å². The Morgan fingerprint density at radius 3 is 2.38 bits per heavy atom. The molecule has 1 aromatic carbocycles. The van der Waals surface area contributed by atoms with E-state index in [2.05, 4.69) is 11.9 Å². The van der Waals surface area contributed by atoms with Crippen molar-refractivity contribution in [1.82, 2.24) is 0 Å². The average Bonchev–Trinajstić information content (AvgIpc) is 2.16. The molecule has 1 amide bonds. The van der Waals surface area contributed by atoms with Crippen molar-refractivity contribution < 1.29 is 11.0 Å². The molecule has 0 saturated carbocycles. The van der Waals surface area contributed by atoms with Gasteiger partial charge in [0.15, 0.2) is 0 Å². The molecule has 0 bridgehead atoms. The molecule has 0 saturated heterocycles. The summed E-state index contributed by atoms with van der Waals surface area (Å²) in [5, 5.41) is 2.65. The Kier molecular flexibility index (Phi) is 3.72. The van der Waals surface area contributed by atoms with E-state index in [9.17, 15) is 4.79 Å². The lowest BCUT2D eigenvalue weighted by Crippen LogP contribution is -2.27. The highest BCUT2D eigenvalue weighted by molar-refractivity contribution is 5.85. The largest absolute Gasteiger partial charge is 0.444 e. The molecule has 3 heteroatoms. The van der Waals surface area contributed by atoms with Crippen molar-refractivity contribution in [3.63, 3.8) is 0 Å². The molecule has 0 fully saturated rings. The minimum absolute atomic E-state index is 0. The molecule has 0 heterocycles. The molecular formula is C13H19NO2. The second kappa shape index (κ2) is 4.84. The van der Waals surface area contributed by atoms with E-state index in [4.69, 9.17) is 4.74 Å². The van der Waals surface area contributed by atoms with E-state index >= 15 is 0 Å². The van der Waals surface area contributed by atoms with Crippen LogP contribution in [0.1, 0.15) is 27.8 Å². The third kappa shape index (κ3) is 4.17. The zero-order chi connectivity index (χ0) is 12.2. The number of anilines is 1. The molecule has 88 valence electrons. The van der Waals surface area contributed by atoms with Crippen molar-refractivity contribution in [2.24, 2.45) is 0 Å². The number of benzene rings is 1. The van der Waals surface area contributed by atoms with E-state index in [0.717, 1.165) is 5.56 Å². The van der Waals surface area contributed by atoms with Gasteiger partial charge in [0, 0.05) is 7.11 Å². The maximum Gasteiger partial charge on any atom is 0.412 e. The van der Waals surface area contributed by atoms with E-state index < -0.39 is 11.7 Å². The highest BCUT2D eigenvalue weighted by Crippen LogP contribution is 2.13. The van der Waals surface area contributed by atoms with Gasteiger partial charge in [-0.05, 0) is 38.5 Å². The first-order valence-corrected chi connectivity index (χ1v) is 5.13. The number of carbonyl (C=O) groups is 1. The number of hydrogen-bond acceptors (Lipinski definition) is 2. The Labute approximate surface area is 97.6 Å². The van der Waals surface area contributed by atoms with Gasteiger partial charge in [0.25, 0.3) is 0 Å². The number of ether oxygens (including phenoxy) is 1. The summed E-state index contributed by atoms with van der Waals surface area (Å²) in [5.74, 6) is 0. The first kappa shape index (κ1) is 12.3. The van der Waals surface area contributed by atoms with E-state index in [1.165, 1.54) is 0 Å². The second-order valence-corrected chi connectivity index (χ2v) is 4.45. The molecule has 0 aromatic heterocycles. The lowest BCUT2D eigenvalue weighted by Gasteiger charge is -2.19. The second-order valence-electron chi connectivity index (χ2n) is 4.45. The molecule has 1 aromatic rings. The van der Waals surface area contributed by atoms with Crippen LogP contribution in [-0.2, 0) is 4.74 Å². The number of hydrogen-bond donors (Lipinski definition) is 1. The molecule has 0 aliphatic carbocycles. The third-order valence-electron chi connectivity index (χ3n) is 1.79. The predicted octanol–water partition coefficient (Wildman–Crippen LogP) is 3.92. The normalized spacial score (nSPS) is 10.7. The number of rotatable bonds is 2. The van der Waals surface area contributed by atoms with Gasteiger partial charge < -0.3 is 4.74 Å². The van der Waals surface area contributed by atoms with Gasteiger partial charge in [0.2, 0.25) is 0 Å². The summed E-state index contributed by atoms with van der Waals surface area (Å²) in [6.07, 6.45) is 1.30. The highest BCUT2D eigenvalue weighted by atomic mass is 16.6. The highest BCUT2D eigenvalue weighted by Gasteiger charge is 2.15. The van der Waals surface area contributed by atoms with E-state index in [0.29, 0.717) is 5.69 Å². The molecule has 0 aliphatic heterocycles. The summed E-state index contributed by atoms with van der Waals surface area (Å²) < 4.78 is 5.13. The van der Waals surface area contributed by atoms with Crippen LogP contribution in [0.4, 0.5) is 10.5 Å². The Hall–Kier alpha value is -1.77. The first-order chi connectivity index (χ1) is 7.40. The van der Waals surface area contributed by atoms with Gasteiger partial charge in [0.1, 0.15) is 5.60 Å². The fourth-order valence-corrected chi connectivity index (χ4v) is 1.12. The van der Waals surface area contributed by atoms with Crippen LogP contribution >= 0.6 is 0 Å². The van der Waals surface area contributed by atoms with Crippen LogP contribution < -0.4 is 5.32 Å². The lowest BCUT2D eigenvalue weighted by atomic mass is 10.2. The van der Waals surface area contributed by atoms with Gasteiger partial charge in [-0.2, -0.15) is 0 Å². The van der Waals surface area contributed by atoms with Crippen molar-refractivity contribution in [2.45, 2.75) is 26.4 Å². The quantitative estimate of drug-likeness (QED) is 0.821. The Morgan fingerprint density at radius 2 is 1.94 bits per heavy atom. The standard InChI is InChI=1S/C13H17NO2.H2/c1-5-10-6-8-11(9-7-10)14-12(15)16-13(2,3)4;/h5-9H,1H2,2-4H3,(H,14,15);1H. The Morgan fingerprint density at radius 1 is 1.38 bits per heavy atom. The van der Waals surface area contributed by atoms with Crippen LogP contribution in [-0.4, -0.2) is 11.7 Å². The summed E-state index contributed by atoms with van der Waals surface area (Å²) in [6.45, 7) is 9.14. The van der Waals surface area contributed by atoms with Gasteiger partial charge >= 0.3 is 6.09 Å². The van der Waals surface area contributed by atoms with Gasteiger partial charge in [-0.1, -0.05) is 24.8 Å². The minimum Gasteiger partial charge on any atom is -0.444 e. The molecule has 0 atom stereocenters. The summed E-state index contributed by atoms with van der Waals surface area (Å²) >= 11 is 0. The SMILES string of the molecule is C=Cc1ccc(NC(=O)OC(C)(C)C)cc1.[HH]. The predicted molar refractivity (Wildman–Crippen MR) is 68.5 cm³/mol. The van der Waals surface area contributed by atoms with Gasteiger partial charge in [0.05, 0.1) is 0 Å². The Bertz CT molecular complexity index is 379. The first-order valence-electron chi connectivity index (χ1n) is 5.13. The molecule has 1 rings (SSSR count). The van der Waals surface area contributed by atoms with Crippen LogP contribution in [0.15, 0.2) is 30.8 Å². The van der Waals surface area contributed by atoms with Gasteiger partial charge in [-0.3, -0.25) is 5.32 Å². The summed E-state index contributed by atoms with van der Waals surface area (Å²) in [6, 6.07) is 7.36. The van der Waals surface area contributed by atoms with Crippen molar-refractivity contribution in [3.8, 4) is 0 Å². The topological polar surface area (TPSA) is 38.3 Å². The summed E-state index contributed by atoms with van der Waals surface area (Å²) in [4.78, 5) is 11.4. The Balaban J connectivity index is 0.00000256. The van der Waals surface area contributed by atoms with Crippen molar-refractivity contribution in [2.75, 3.05) is 5.32 Å². The molecule has 3 nitrogen and oxygen atoms in total. The maximum atomic E-state index is 11.4. The van der Waals surface area contributed by atoms with E-state index in [1.54, 1.807) is 18.2 Å². The molecule has 1 N–H and O–H groups in total. The zero-order valence-corrected chi connectivity index (χ0v) is 9.91. The fraction of sp³-hybridized carbons (Fsp3) is 0.308. The van der Waals surface area contributed by atoms with Crippen LogP contribution in [0.3, 0.4) is 0 Å². The molecule has 0 radical (unpaired) electrons. The van der Waals surface area contributed by atoms with Crippen LogP contribution in [0.5, 0.6) is 0 Å². The number of carbonyl (C=O) groups excluding carboxylic acids is 1. The molecular weight excluding hydrogens is 202 g/mol. The molecule has 16 heavy (non-hydrogen) atoms.